The van der Waals surface area contributed by atoms with Crippen LogP contribution in [0.2, 0.25) is 0 Å². The molecule has 0 bridgehead atoms. The van der Waals surface area contributed by atoms with Crippen LogP contribution in [0.15, 0.2) is 53.7 Å². The van der Waals surface area contributed by atoms with E-state index in [4.69, 9.17) is 10.5 Å². The average Bonchev–Trinajstić information content (AvgIpc) is 3.15. The molecule has 0 aliphatic carbocycles. The van der Waals surface area contributed by atoms with Gasteiger partial charge in [-0.25, -0.2) is 15.0 Å². The standard InChI is InChI=1S/C18H16N6OS/c1-25-12-8-6-11(7-9-12)17-22-18(24-23-17)26-10-15-20-14-5-3-2-4-13(14)16(19)21-15/h2-9H,10H2,1H3,(H2,19,20,21)(H,22,23,24). The van der Waals surface area contributed by atoms with E-state index >= 15 is 0 Å². The van der Waals surface area contributed by atoms with Gasteiger partial charge in [0, 0.05) is 10.9 Å². The zero-order valence-corrected chi connectivity index (χ0v) is 14.8. The first-order chi connectivity index (χ1) is 12.7. The fraction of sp³-hybridized carbons (Fsp3) is 0.111. The normalized spacial score (nSPS) is 11.0. The van der Waals surface area contributed by atoms with Gasteiger partial charge in [-0.05, 0) is 36.4 Å². The van der Waals surface area contributed by atoms with Gasteiger partial charge in [0.2, 0.25) is 5.16 Å². The molecule has 0 aliphatic heterocycles. The summed E-state index contributed by atoms with van der Waals surface area (Å²) in [6, 6.07) is 15.3. The lowest BCUT2D eigenvalue weighted by Gasteiger charge is -2.04. The summed E-state index contributed by atoms with van der Waals surface area (Å²) in [5, 5.41) is 8.68. The summed E-state index contributed by atoms with van der Waals surface area (Å²) >= 11 is 1.46. The molecule has 3 N–H and O–H groups in total. The molecule has 0 radical (unpaired) electrons. The molecular weight excluding hydrogens is 348 g/mol. The van der Waals surface area contributed by atoms with Crippen molar-refractivity contribution in [2.45, 2.75) is 10.9 Å². The van der Waals surface area contributed by atoms with Crippen molar-refractivity contribution in [2.75, 3.05) is 12.8 Å². The summed E-state index contributed by atoms with van der Waals surface area (Å²) in [6.45, 7) is 0. The van der Waals surface area contributed by atoms with E-state index in [9.17, 15) is 0 Å². The molecule has 130 valence electrons. The molecule has 0 saturated heterocycles. The van der Waals surface area contributed by atoms with Crippen molar-refractivity contribution >= 4 is 28.5 Å². The Bertz CT molecular complexity index is 1050. The van der Waals surface area contributed by atoms with Gasteiger partial charge in [0.05, 0.1) is 18.4 Å². The van der Waals surface area contributed by atoms with Crippen molar-refractivity contribution in [1.82, 2.24) is 25.1 Å². The Morgan fingerprint density at radius 1 is 1.04 bits per heavy atom. The Hall–Kier alpha value is -3.13. The van der Waals surface area contributed by atoms with Crippen LogP contribution in [0, 0.1) is 0 Å². The topological polar surface area (TPSA) is 103 Å². The van der Waals surface area contributed by atoms with Crippen molar-refractivity contribution in [3.63, 3.8) is 0 Å². The molecule has 26 heavy (non-hydrogen) atoms. The molecule has 2 aromatic carbocycles. The van der Waals surface area contributed by atoms with Crippen molar-refractivity contribution < 1.29 is 4.74 Å². The van der Waals surface area contributed by atoms with E-state index in [1.807, 2.05) is 48.5 Å². The largest absolute Gasteiger partial charge is 0.497 e. The lowest BCUT2D eigenvalue weighted by atomic mass is 10.2. The third kappa shape index (κ3) is 3.31. The van der Waals surface area contributed by atoms with Crippen molar-refractivity contribution in [2.24, 2.45) is 0 Å². The number of thioether (sulfide) groups is 1. The molecule has 8 heteroatoms. The minimum absolute atomic E-state index is 0.486. The first-order valence-corrected chi connectivity index (χ1v) is 8.92. The number of aromatic amines is 1. The lowest BCUT2D eigenvalue weighted by molar-refractivity contribution is 0.415. The average molecular weight is 364 g/mol. The number of rotatable bonds is 5. The number of hydrogen-bond acceptors (Lipinski definition) is 7. The van der Waals surface area contributed by atoms with Gasteiger partial charge in [0.25, 0.3) is 0 Å². The van der Waals surface area contributed by atoms with Crippen LogP contribution < -0.4 is 10.5 Å². The molecule has 0 atom stereocenters. The fourth-order valence-corrected chi connectivity index (χ4v) is 3.19. The third-order valence-electron chi connectivity index (χ3n) is 3.84. The number of para-hydroxylation sites is 1. The van der Waals surface area contributed by atoms with Crippen LogP contribution in [0.5, 0.6) is 5.75 Å². The lowest BCUT2D eigenvalue weighted by Crippen LogP contribution is -2.00. The van der Waals surface area contributed by atoms with E-state index in [1.54, 1.807) is 7.11 Å². The zero-order valence-electron chi connectivity index (χ0n) is 14.0. The second-order valence-electron chi connectivity index (χ2n) is 5.53. The number of nitrogen functional groups attached to an aromatic ring is 1. The molecule has 0 amide bonds. The van der Waals surface area contributed by atoms with Gasteiger partial charge < -0.3 is 10.5 Å². The zero-order chi connectivity index (χ0) is 17.9. The molecule has 0 saturated carbocycles. The van der Waals surface area contributed by atoms with Gasteiger partial charge in [-0.1, -0.05) is 23.9 Å². The number of nitrogens with one attached hydrogen (secondary N) is 1. The Kier molecular flexibility index (Phi) is 4.40. The summed E-state index contributed by atoms with van der Waals surface area (Å²) in [7, 11) is 1.64. The minimum atomic E-state index is 0.486. The molecule has 2 aromatic heterocycles. The van der Waals surface area contributed by atoms with Gasteiger partial charge in [-0.3, -0.25) is 5.10 Å². The van der Waals surface area contributed by atoms with E-state index in [2.05, 4.69) is 25.1 Å². The summed E-state index contributed by atoms with van der Waals surface area (Å²) < 4.78 is 5.16. The Balaban J connectivity index is 1.49. The van der Waals surface area contributed by atoms with E-state index in [0.29, 0.717) is 28.4 Å². The van der Waals surface area contributed by atoms with Crippen molar-refractivity contribution in [3.05, 3.63) is 54.4 Å². The van der Waals surface area contributed by atoms with Crippen LogP contribution in [0.25, 0.3) is 22.3 Å². The number of anilines is 1. The molecule has 4 rings (SSSR count). The second kappa shape index (κ2) is 7.01. The highest BCUT2D eigenvalue weighted by Gasteiger charge is 2.09. The van der Waals surface area contributed by atoms with Crippen LogP contribution in [0.1, 0.15) is 5.82 Å². The Morgan fingerprint density at radius 2 is 1.85 bits per heavy atom. The summed E-state index contributed by atoms with van der Waals surface area (Å²) in [6.07, 6.45) is 0. The monoisotopic (exact) mass is 364 g/mol. The quantitative estimate of drug-likeness (QED) is 0.524. The predicted molar refractivity (Wildman–Crippen MR) is 102 cm³/mol. The highest BCUT2D eigenvalue weighted by molar-refractivity contribution is 7.98. The molecule has 0 spiro atoms. The summed E-state index contributed by atoms with van der Waals surface area (Å²) in [5.74, 6) is 3.18. The number of nitrogens with two attached hydrogens (primary N) is 1. The molecule has 0 aliphatic rings. The second-order valence-corrected chi connectivity index (χ2v) is 6.47. The molecule has 2 heterocycles. The van der Waals surface area contributed by atoms with E-state index in [1.165, 1.54) is 11.8 Å². The van der Waals surface area contributed by atoms with Crippen molar-refractivity contribution in [1.29, 1.82) is 0 Å². The fourth-order valence-electron chi connectivity index (χ4n) is 2.53. The molecule has 7 nitrogen and oxygen atoms in total. The summed E-state index contributed by atoms with van der Waals surface area (Å²) in [5.41, 5.74) is 7.80. The number of aromatic nitrogens is 5. The van der Waals surface area contributed by atoms with Gasteiger partial charge in [0.15, 0.2) is 5.82 Å². The van der Waals surface area contributed by atoms with Crippen LogP contribution in [0.3, 0.4) is 0 Å². The number of nitrogens with zero attached hydrogens (tertiary/aromatic N) is 4. The molecule has 4 aromatic rings. The predicted octanol–water partition coefficient (Wildman–Crippen LogP) is 3.30. The number of benzene rings is 2. The van der Waals surface area contributed by atoms with Gasteiger partial charge in [0.1, 0.15) is 17.4 Å². The first-order valence-electron chi connectivity index (χ1n) is 7.93. The Labute approximate surface area is 154 Å². The van der Waals surface area contributed by atoms with Gasteiger partial charge >= 0.3 is 0 Å². The maximum atomic E-state index is 6.02. The third-order valence-corrected chi connectivity index (χ3v) is 4.68. The number of ether oxygens (including phenoxy) is 1. The van der Waals surface area contributed by atoms with Gasteiger partial charge in [-0.2, -0.15) is 0 Å². The SMILES string of the molecule is COc1ccc(-c2nc(SCc3nc(N)c4ccccc4n3)n[nH]2)cc1. The molecule has 0 fully saturated rings. The number of hydrogen-bond donors (Lipinski definition) is 2. The van der Waals surface area contributed by atoms with Crippen LogP contribution in [0.4, 0.5) is 5.82 Å². The number of methoxy groups -OCH3 is 1. The highest BCUT2D eigenvalue weighted by atomic mass is 32.2. The van der Waals surface area contributed by atoms with E-state index < -0.39 is 0 Å². The van der Waals surface area contributed by atoms with Crippen LogP contribution >= 0.6 is 11.8 Å². The van der Waals surface area contributed by atoms with Crippen molar-refractivity contribution in [3.8, 4) is 17.1 Å². The maximum Gasteiger partial charge on any atom is 0.209 e. The molecule has 0 unspecified atom stereocenters. The maximum absolute atomic E-state index is 6.02. The van der Waals surface area contributed by atoms with Crippen LogP contribution in [-0.2, 0) is 5.75 Å². The van der Waals surface area contributed by atoms with E-state index in [0.717, 1.165) is 22.2 Å². The van der Waals surface area contributed by atoms with E-state index in [-0.39, 0.29) is 0 Å². The van der Waals surface area contributed by atoms with Gasteiger partial charge in [-0.15, -0.1) is 5.10 Å². The number of fused-ring (bicyclic) bond motifs is 1. The van der Waals surface area contributed by atoms with Crippen LogP contribution in [-0.4, -0.2) is 32.3 Å². The smallest absolute Gasteiger partial charge is 0.209 e. The summed E-state index contributed by atoms with van der Waals surface area (Å²) in [4.78, 5) is 13.4. The first kappa shape index (κ1) is 16.3. The molecular formula is C18H16N6OS. The Morgan fingerprint density at radius 3 is 2.65 bits per heavy atom. The minimum Gasteiger partial charge on any atom is -0.497 e. The highest BCUT2D eigenvalue weighted by Crippen LogP contribution is 2.24. The number of H-pyrrole nitrogens is 1.